The van der Waals surface area contributed by atoms with Crippen molar-refractivity contribution in [1.82, 2.24) is 4.90 Å². The summed E-state index contributed by atoms with van der Waals surface area (Å²) in [6.07, 6.45) is 1.28. The molecule has 0 saturated heterocycles. The molecule has 0 unspecified atom stereocenters. The van der Waals surface area contributed by atoms with Crippen LogP contribution in [0.4, 0.5) is 0 Å². The van der Waals surface area contributed by atoms with Crippen LogP contribution >= 0.6 is 0 Å². The van der Waals surface area contributed by atoms with Crippen LogP contribution in [0.3, 0.4) is 0 Å². The van der Waals surface area contributed by atoms with E-state index >= 15 is 0 Å². The van der Waals surface area contributed by atoms with Crippen LogP contribution in [-0.4, -0.2) is 40.0 Å². The summed E-state index contributed by atoms with van der Waals surface area (Å²) >= 11 is 0. The molecule has 0 aliphatic heterocycles. The second kappa shape index (κ2) is 9.60. The second-order valence-electron chi connectivity index (χ2n) is 7.07. The van der Waals surface area contributed by atoms with E-state index < -0.39 is 5.91 Å². The lowest BCUT2D eigenvalue weighted by molar-refractivity contribution is 0.0758. The fraction of sp³-hybridized carbons (Fsp3) is 0.167. The van der Waals surface area contributed by atoms with Crippen molar-refractivity contribution < 1.29 is 19.8 Å². The normalized spacial score (nSPS) is 10.5. The van der Waals surface area contributed by atoms with Gasteiger partial charge in [-0.2, -0.15) is 0 Å². The van der Waals surface area contributed by atoms with Gasteiger partial charge >= 0.3 is 0 Å². The largest absolute Gasteiger partial charge is 0.508 e. The van der Waals surface area contributed by atoms with Crippen molar-refractivity contribution in [2.45, 2.75) is 12.8 Å². The van der Waals surface area contributed by atoms with Crippen LogP contribution in [-0.2, 0) is 12.8 Å². The summed E-state index contributed by atoms with van der Waals surface area (Å²) < 4.78 is 0. The third kappa shape index (κ3) is 5.61. The van der Waals surface area contributed by atoms with E-state index in [9.17, 15) is 19.8 Å². The molecule has 0 spiro atoms. The lowest BCUT2D eigenvalue weighted by Crippen LogP contribution is -2.34. The minimum absolute atomic E-state index is 0.136. The molecule has 4 N–H and O–H groups in total. The Balaban J connectivity index is 1.74. The summed E-state index contributed by atoms with van der Waals surface area (Å²) in [5.41, 5.74) is 8.14. The maximum absolute atomic E-state index is 13.1. The Morgan fingerprint density at radius 3 is 1.47 bits per heavy atom. The van der Waals surface area contributed by atoms with Crippen LogP contribution in [0.1, 0.15) is 31.8 Å². The summed E-state index contributed by atoms with van der Waals surface area (Å²) in [6.45, 7) is 0.999. The number of benzene rings is 3. The van der Waals surface area contributed by atoms with Crippen LogP contribution < -0.4 is 5.73 Å². The number of phenols is 2. The third-order valence-electron chi connectivity index (χ3n) is 4.92. The first-order valence-electron chi connectivity index (χ1n) is 9.67. The first kappa shape index (κ1) is 20.9. The third-order valence-corrected chi connectivity index (χ3v) is 4.92. The number of primary amides is 1. The Hall–Kier alpha value is -3.80. The van der Waals surface area contributed by atoms with Gasteiger partial charge in [-0.15, -0.1) is 0 Å². The zero-order chi connectivity index (χ0) is 21.5. The van der Waals surface area contributed by atoms with Crippen molar-refractivity contribution in [3.8, 4) is 11.5 Å². The number of hydrogen-bond acceptors (Lipinski definition) is 4. The van der Waals surface area contributed by atoms with Crippen LogP contribution in [0.5, 0.6) is 11.5 Å². The van der Waals surface area contributed by atoms with Crippen molar-refractivity contribution in [1.29, 1.82) is 0 Å². The number of hydrogen-bond donors (Lipinski definition) is 3. The van der Waals surface area contributed by atoms with Crippen molar-refractivity contribution >= 4 is 11.8 Å². The Bertz CT molecular complexity index is 947. The van der Waals surface area contributed by atoms with Crippen molar-refractivity contribution in [3.63, 3.8) is 0 Å². The van der Waals surface area contributed by atoms with Gasteiger partial charge in [0.25, 0.3) is 5.91 Å². The lowest BCUT2D eigenvalue weighted by Gasteiger charge is -2.23. The van der Waals surface area contributed by atoms with Crippen molar-refractivity contribution in [2.24, 2.45) is 5.73 Å². The molecule has 0 atom stereocenters. The highest BCUT2D eigenvalue weighted by atomic mass is 16.3. The Kier molecular flexibility index (Phi) is 6.70. The Morgan fingerprint density at radius 2 is 1.07 bits per heavy atom. The smallest absolute Gasteiger partial charge is 0.253 e. The van der Waals surface area contributed by atoms with Gasteiger partial charge in [0.2, 0.25) is 5.91 Å². The van der Waals surface area contributed by atoms with E-state index in [4.69, 9.17) is 5.73 Å². The summed E-state index contributed by atoms with van der Waals surface area (Å²) in [5.74, 6) is -0.267. The molecule has 0 saturated carbocycles. The summed E-state index contributed by atoms with van der Waals surface area (Å²) in [5, 5.41) is 18.9. The molecule has 3 aromatic rings. The SMILES string of the molecule is NC(=O)c1ccc(C(=O)N(CCc2ccc(O)cc2)CCc2ccc(O)cc2)cc1. The van der Waals surface area contributed by atoms with Crippen molar-refractivity contribution in [2.75, 3.05) is 13.1 Å². The van der Waals surface area contributed by atoms with E-state index in [1.807, 2.05) is 24.3 Å². The van der Waals surface area contributed by atoms with E-state index in [-0.39, 0.29) is 17.4 Å². The fourth-order valence-electron chi connectivity index (χ4n) is 3.13. The summed E-state index contributed by atoms with van der Waals surface area (Å²) in [7, 11) is 0. The fourth-order valence-corrected chi connectivity index (χ4v) is 3.13. The average Bonchev–Trinajstić information content (AvgIpc) is 2.76. The molecule has 0 aliphatic carbocycles. The van der Waals surface area contributed by atoms with Gasteiger partial charge in [0.15, 0.2) is 0 Å². The predicted molar refractivity (Wildman–Crippen MR) is 114 cm³/mol. The van der Waals surface area contributed by atoms with Crippen LogP contribution in [0.2, 0.25) is 0 Å². The van der Waals surface area contributed by atoms with Gasteiger partial charge in [-0.05, 0) is 72.5 Å². The number of carbonyl (C=O) groups is 2. The number of rotatable bonds is 8. The summed E-state index contributed by atoms with van der Waals surface area (Å²) in [6, 6.07) is 20.1. The molecule has 6 heteroatoms. The van der Waals surface area contributed by atoms with Gasteiger partial charge in [-0.25, -0.2) is 0 Å². The van der Waals surface area contributed by atoms with Crippen LogP contribution in [0.15, 0.2) is 72.8 Å². The van der Waals surface area contributed by atoms with E-state index in [0.29, 0.717) is 37.1 Å². The number of phenolic OH excluding ortho intramolecular Hbond substituents is 2. The Morgan fingerprint density at radius 1 is 0.667 bits per heavy atom. The number of aromatic hydroxyl groups is 2. The first-order valence-corrected chi connectivity index (χ1v) is 9.67. The molecule has 6 nitrogen and oxygen atoms in total. The van der Waals surface area contributed by atoms with E-state index in [1.165, 1.54) is 0 Å². The van der Waals surface area contributed by atoms with Gasteiger partial charge in [-0.1, -0.05) is 24.3 Å². The minimum atomic E-state index is -0.537. The van der Waals surface area contributed by atoms with Crippen LogP contribution in [0, 0.1) is 0 Å². The van der Waals surface area contributed by atoms with Gasteiger partial charge < -0.3 is 20.8 Å². The maximum Gasteiger partial charge on any atom is 0.253 e. The highest BCUT2D eigenvalue weighted by molar-refractivity contribution is 5.97. The van der Waals surface area contributed by atoms with E-state index in [2.05, 4.69) is 0 Å². The molecule has 30 heavy (non-hydrogen) atoms. The zero-order valence-corrected chi connectivity index (χ0v) is 16.5. The quantitative estimate of drug-likeness (QED) is 0.537. The second-order valence-corrected chi connectivity index (χ2v) is 7.07. The van der Waals surface area contributed by atoms with Gasteiger partial charge in [-0.3, -0.25) is 9.59 Å². The number of nitrogens with two attached hydrogens (primary N) is 1. The number of amides is 2. The lowest BCUT2D eigenvalue weighted by atomic mass is 10.1. The number of nitrogens with zero attached hydrogens (tertiary/aromatic N) is 1. The molecular formula is C24H24N2O4. The molecule has 2 amide bonds. The average molecular weight is 404 g/mol. The zero-order valence-electron chi connectivity index (χ0n) is 16.5. The standard InChI is InChI=1S/C24H24N2O4/c25-23(29)19-5-7-20(8-6-19)24(30)26(15-13-17-1-9-21(27)10-2-17)16-14-18-3-11-22(28)12-4-18/h1-12,27-28H,13-16H2,(H2,25,29). The van der Waals surface area contributed by atoms with E-state index in [1.54, 1.807) is 53.4 Å². The van der Waals surface area contributed by atoms with Gasteiger partial charge in [0.1, 0.15) is 11.5 Å². The molecule has 0 fully saturated rings. The molecule has 0 radical (unpaired) electrons. The molecule has 0 bridgehead atoms. The van der Waals surface area contributed by atoms with Crippen LogP contribution in [0.25, 0.3) is 0 Å². The summed E-state index contributed by atoms with van der Waals surface area (Å²) in [4.78, 5) is 26.1. The topological polar surface area (TPSA) is 104 Å². The Labute approximate surface area is 175 Å². The van der Waals surface area contributed by atoms with E-state index in [0.717, 1.165) is 11.1 Å². The molecule has 0 aromatic heterocycles. The molecule has 3 aromatic carbocycles. The molecular weight excluding hydrogens is 380 g/mol. The molecule has 3 rings (SSSR count). The number of carbonyl (C=O) groups excluding carboxylic acids is 2. The minimum Gasteiger partial charge on any atom is -0.508 e. The highest BCUT2D eigenvalue weighted by Crippen LogP contribution is 2.15. The monoisotopic (exact) mass is 404 g/mol. The molecule has 154 valence electrons. The first-order chi connectivity index (χ1) is 14.4. The van der Waals surface area contributed by atoms with Crippen molar-refractivity contribution in [3.05, 3.63) is 95.1 Å². The predicted octanol–water partition coefficient (Wildman–Crippen LogP) is 3.12. The highest BCUT2D eigenvalue weighted by Gasteiger charge is 2.16. The van der Waals surface area contributed by atoms with Gasteiger partial charge in [0, 0.05) is 24.2 Å². The maximum atomic E-state index is 13.1. The van der Waals surface area contributed by atoms with Gasteiger partial charge in [0.05, 0.1) is 0 Å². The molecule has 0 aliphatic rings. The molecule has 0 heterocycles.